The summed E-state index contributed by atoms with van der Waals surface area (Å²) >= 11 is 0. The lowest BCUT2D eigenvalue weighted by atomic mass is 9.67. The summed E-state index contributed by atoms with van der Waals surface area (Å²) in [6, 6.07) is 106. The molecule has 0 amide bonds. The molecule has 76 heavy (non-hydrogen) atoms. The second-order valence-corrected chi connectivity index (χ2v) is 20.6. The van der Waals surface area contributed by atoms with Gasteiger partial charge in [0.2, 0.25) is 0 Å². The van der Waals surface area contributed by atoms with Crippen LogP contribution in [0.5, 0.6) is 0 Å². The number of furan rings is 1. The van der Waals surface area contributed by atoms with E-state index in [1.807, 2.05) is 0 Å². The van der Waals surface area contributed by atoms with Gasteiger partial charge < -0.3 is 9.32 Å². The Balaban J connectivity index is 1.01. The second-order valence-electron chi connectivity index (χ2n) is 20.6. The van der Waals surface area contributed by atoms with Gasteiger partial charge in [0, 0.05) is 21.9 Å². The summed E-state index contributed by atoms with van der Waals surface area (Å²) in [5.74, 6) is 0. The summed E-state index contributed by atoms with van der Waals surface area (Å²) in [5, 5.41) is 2.18. The van der Waals surface area contributed by atoms with Crippen molar-refractivity contribution in [3.63, 3.8) is 0 Å². The molecule has 0 unspecified atom stereocenters. The Hall–Kier alpha value is -9.76. The molecule has 354 valence electrons. The maximum atomic E-state index is 7.10. The maximum absolute atomic E-state index is 7.10. The molecule has 1 aromatic heterocycles. The summed E-state index contributed by atoms with van der Waals surface area (Å²) in [4.78, 5) is 2.55. The molecule has 0 saturated carbocycles. The molecule has 2 heteroatoms. The second kappa shape index (κ2) is 16.4. The molecule has 0 atom stereocenters. The zero-order valence-electron chi connectivity index (χ0n) is 41.5. The smallest absolute Gasteiger partial charge is 0.159 e. The number of rotatable bonds is 7. The molecule has 0 N–H and O–H groups in total. The van der Waals surface area contributed by atoms with Gasteiger partial charge in [0.25, 0.3) is 0 Å². The summed E-state index contributed by atoms with van der Waals surface area (Å²) in [6.45, 7) is 0. The molecule has 0 saturated heterocycles. The van der Waals surface area contributed by atoms with Gasteiger partial charge in [-0.2, -0.15) is 0 Å². The SMILES string of the molecule is c1ccc(-c2ccc(C3(c4ccc(-c5ccccc5)cc4)c4ccccc4-c4c(N(c5cccc6c5-c5ccccc5C65c6ccccc6-c6ccccc65)c5cccc6c5oc5ccccc56)cccc43)cc2)cc1. The van der Waals surface area contributed by atoms with Crippen LogP contribution in [0, 0.1) is 0 Å². The first-order valence-electron chi connectivity index (χ1n) is 26.4. The Morgan fingerprint density at radius 2 is 0.618 bits per heavy atom. The van der Waals surface area contributed by atoms with Crippen molar-refractivity contribution in [2.45, 2.75) is 10.8 Å². The van der Waals surface area contributed by atoms with E-state index in [4.69, 9.17) is 4.42 Å². The van der Waals surface area contributed by atoms with Crippen LogP contribution >= 0.6 is 0 Å². The van der Waals surface area contributed by atoms with Gasteiger partial charge in [-0.25, -0.2) is 0 Å². The van der Waals surface area contributed by atoms with E-state index in [2.05, 4.69) is 290 Å². The summed E-state index contributed by atoms with van der Waals surface area (Å²) in [7, 11) is 0. The largest absolute Gasteiger partial charge is 0.454 e. The van der Waals surface area contributed by atoms with Gasteiger partial charge in [-0.3, -0.25) is 0 Å². The Morgan fingerprint density at radius 3 is 1.16 bits per heavy atom. The van der Waals surface area contributed by atoms with Crippen molar-refractivity contribution in [1.29, 1.82) is 0 Å². The predicted molar refractivity (Wildman–Crippen MR) is 313 cm³/mol. The van der Waals surface area contributed by atoms with Crippen LogP contribution in [-0.2, 0) is 10.8 Å². The van der Waals surface area contributed by atoms with Crippen LogP contribution in [-0.4, -0.2) is 0 Å². The first-order chi connectivity index (χ1) is 37.7. The van der Waals surface area contributed by atoms with Crippen LogP contribution in [0.3, 0.4) is 0 Å². The molecule has 12 aromatic carbocycles. The van der Waals surface area contributed by atoms with Crippen molar-refractivity contribution in [2.75, 3.05) is 4.90 Å². The highest BCUT2D eigenvalue weighted by Crippen LogP contribution is 2.66. The van der Waals surface area contributed by atoms with E-state index in [0.29, 0.717) is 0 Å². The van der Waals surface area contributed by atoms with Gasteiger partial charge in [0.1, 0.15) is 5.58 Å². The molecule has 13 aromatic rings. The van der Waals surface area contributed by atoms with Crippen LogP contribution in [0.2, 0.25) is 0 Å². The van der Waals surface area contributed by atoms with Crippen molar-refractivity contribution in [1.82, 2.24) is 0 Å². The molecular formula is C74H47NO. The fourth-order valence-electron chi connectivity index (χ4n) is 14.0. The van der Waals surface area contributed by atoms with Crippen molar-refractivity contribution in [3.8, 4) is 55.6 Å². The third-order valence-electron chi connectivity index (χ3n) is 17.0. The highest BCUT2D eigenvalue weighted by molar-refractivity contribution is 6.13. The average Bonchev–Trinajstić information content (AvgIpc) is 4.37. The molecule has 0 aliphatic heterocycles. The minimum Gasteiger partial charge on any atom is -0.454 e. The lowest BCUT2D eigenvalue weighted by Gasteiger charge is -2.35. The van der Waals surface area contributed by atoms with Gasteiger partial charge in [0.05, 0.1) is 27.9 Å². The average molecular weight is 966 g/mol. The minimum absolute atomic E-state index is 0.523. The molecule has 0 radical (unpaired) electrons. The van der Waals surface area contributed by atoms with E-state index in [9.17, 15) is 0 Å². The number of nitrogens with zero attached hydrogens (tertiary/aromatic N) is 1. The van der Waals surface area contributed by atoms with Gasteiger partial charge >= 0.3 is 0 Å². The first kappa shape index (κ1) is 42.7. The molecular weight excluding hydrogens is 919 g/mol. The molecule has 0 fully saturated rings. The predicted octanol–water partition coefficient (Wildman–Crippen LogP) is 19.1. The van der Waals surface area contributed by atoms with Gasteiger partial charge in [0.15, 0.2) is 5.58 Å². The third kappa shape index (κ3) is 5.76. The number of para-hydroxylation sites is 2. The Bertz CT molecular complexity index is 4320. The Morgan fingerprint density at radius 1 is 0.250 bits per heavy atom. The molecule has 0 bridgehead atoms. The minimum atomic E-state index is -0.685. The van der Waals surface area contributed by atoms with Crippen molar-refractivity contribution in [3.05, 3.63) is 330 Å². The highest BCUT2D eigenvalue weighted by Gasteiger charge is 2.53. The van der Waals surface area contributed by atoms with Gasteiger partial charge in [-0.05, 0) is 113 Å². The summed E-state index contributed by atoms with van der Waals surface area (Å²) in [5.41, 5.74) is 26.0. The number of benzene rings is 12. The van der Waals surface area contributed by atoms with E-state index in [-0.39, 0.29) is 0 Å². The zero-order valence-corrected chi connectivity index (χ0v) is 41.5. The lowest BCUT2D eigenvalue weighted by molar-refractivity contribution is 0.669. The Kier molecular flexibility index (Phi) is 9.20. The topological polar surface area (TPSA) is 16.4 Å². The van der Waals surface area contributed by atoms with E-state index in [1.54, 1.807) is 0 Å². The highest BCUT2D eigenvalue weighted by atomic mass is 16.3. The quantitative estimate of drug-likeness (QED) is 0.158. The van der Waals surface area contributed by atoms with Crippen LogP contribution in [0.15, 0.2) is 290 Å². The fraction of sp³-hybridized carbons (Fsp3) is 0.0270. The maximum Gasteiger partial charge on any atom is 0.159 e. The van der Waals surface area contributed by atoms with Gasteiger partial charge in [-0.15, -0.1) is 0 Å². The number of anilines is 3. The van der Waals surface area contributed by atoms with E-state index in [0.717, 1.165) is 39.0 Å². The summed E-state index contributed by atoms with van der Waals surface area (Å²) < 4.78 is 7.10. The number of hydrogen-bond donors (Lipinski definition) is 0. The van der Waals surface area contributed by atoms with Crippen molar-refractivity contribution >= 4 is 39.0 Å². The zero-order chi connectivity index (χ0) is 50.0. The van der Waals surface area contributed by atoms with Crippen LogP contribution in [0.4, 0.5) is 17.1 Å². The monoisotopic (exact) mass is 965 g/mol. The standard InChI is InChI=1S/C74H47NO/c1-3-20-48(21-4-1)50-40-44-52(45-41-50)73(53-46-42-51(43-47-53)49-22-5-2-6-23-49)62-32-14-9-27-58(62)70-64(73)34-18-36-66(70)75(68-38-17-29-57-56-26-11-16-39-69(56)76-72(57)68)67-37-19-35-65-71(67)59-28-10-15-33-63(59)74(65)60-30-12-7-24-54(60)55-25-8-13-31-61(55)74/h1-47H. The van der Waals surface area contributed by atoms with Crippen molar-refractivity contribution in [2.24, 2.45) is 0 Å². The first-order valence-corrected chi connectivity index (χ1v) is 26.4. The third-order valence-corrected chi connectivity index (χ3v) is 17.0. The molecule has 16 rings (SSSR count). The van der Waals surface area contributed by atoms with Crippen LogP contribution in [0.1, 0.15) is 44.5 Å². The Labute approximate surface area is 442 Å². The molecule has 1 heterocycles. The molecule has 1 spiro atoms. The van der Waals surface area contributed by atoms with Gasteiger partial charge in [-0.1, -0.05) is 261 Å². The van der Waals surface area contributed by atoms with E-state index < -0.39 is 10.8 Å². The molecule has 3 aliphatic rings. The van der Waals surface area contributed by atoms with Crippen molar-refractivity contribution < 1.29 is 4.42 Å². The van der Waals surface area contributed by atoms with E-state index >= 15 is 0 Å². The summed E-state index contributed by atoms with van der Waals surface area (Å²) in [6.07, 6.45) is 0. The number of fused-ring (bicyclic) bond motifs is 16. The molecule has 3 aliphatic carbocycles. The lowest BCUT2D eigenvalue weighted by Crippen LogP contribution is -2.28. The van der Waals surface area contributed by atoms with E-state index in [1.165, 1.54) is 100 Å². The number of hydrogen-bond acceptors (Lipinski definition) is 2. The van der Waals surface area contributed by atoms with Crippen LogP contribution < -0.4 is 4.90 Å². The van der Waals surface area contributed by atoms with Crippen LogP contribution in [0.25, 0.3) is 77.6 Å². The normalized spacial score (nSPS) is 13.7. The fourth-order valence-corrected chi connectivity index (χ4v) is 14.0. The molecule has 2 nitrogen and oxygen atoms in total.